The number of hydrogen-bond acceptors (Lipinski definition) is 2. The molecule has 2 rings (SSSR count). The first-order chi connectivity index (χ1) is 12.7. The number of halogens is 1. The highest BCUT2D eigenvalue weighted by Gasteiger charge is 2.34. The van der Waals surface area contributed by atoms with Crippen LogP contribution in [0.2, 0.25) is 0 Å². The molecule has 0 aromatic heterocycles. The fourth-order valence-corrected chi connectivity index (χ4v) is 2.77. The predicted molar refractivity (Wildman–Crippen MR) is 108 cm³/mol. The van der Waals surface area contributed by atoms with E-state index in [0.29, 0.717) is 11.1 Å². The Hall–Kier alpha value is -2.77. The van der Waals surface area contributed by atoms with Crippen molar-refractivity contribution >= 4 is 23.6 Å². The van der Waals surface area contributed by atoms with Crippen molar-refractivity contribution < 1.29 is 9.59 Å². The van der Waals surface area contributed by atoms with Crippen LogP contribution in [0.15, 0.2) is 54.6 Å². The lowest BCUT2D eigenvalue weighted by atomic mass is 10.0. The summed E-state index contributed by atoms with van der Waals surface area (Å²) >= 11 is 6.24. The van der Waals surface area contributed by atoms with Crippen LogP contribution in [0, 0.1) is 11.8 Å². The van der Waals surface area contributed by atoms with Crippen LogP contribution < -0.4 is 0 Å². The second kappa shape index (κ2) is 8.75. The van der Waals surface area contributed by atoms with Crippen LogP contribution in [0.1, 0.15) is 49.2 Å². The van der Waals surface area contributed by atoms with E-state index in [2.05, 4.69) is 11.8 Å². The van der Waals surface area contributed by atoms with Gasteiger partial charge in [0.2, 0.25) is 0 Å². The van der Waals surface area contributed by atoms with Crippen LogP contribution in [-0.2, 0) is 11.2 Å². The molecule has 0 fully saturated rings. The third kappa shape index (κ3) is 5.35. The number of nitrogens with zero attached hydrogens (tertiary/aromatic N) is 2. The van der Waals surface area contributed by atoms with Gasteiger partial charge in [-0.05, 0) is 57.0 Å². The van der Waals surface area contributed by atoms with E-state index in [1.54, 1.807) is 45.0 Å². The summed E-state index contributed by atoms with van der Waals surface area (Å²) in [6.45, 7) is 7.46. The fraction of sp³-hybridized carbons (Fsp3) is 0.273. The first-order valence-electron chi connectivity index (χ1n) is 8.74. The van der Waals surface area contributed by atoms with Gasteiger partial charge in [0.1, 0.15) is 0 Å². The number of carbonyl (C=O) groups excluding carboxylic acids is 2. The molecule has 0 aliphatic heterocycles. The van der Waals surface area contributed by atoms with Crippen LogP contribution in [0.3, 0.4) is 0 Å². The smallest absolute Gasteiger partial charge is 0.267 e. The first kappa shape index (κ1) is 20.5. The van der Waals surface area contributed by atoms with E-state index < -0.39 is 11.4 Å². The molecule has 0 saturated heterocycles. The van der Waals surface area contributed by atoms with Gasteiger partial charge in [-0.3, -0.25) is 9.59 Å². The Morgan fingerprint density at radius 2 is 1.59 bits per heavy atom. The van der Waals surface area contributed by atoms with Gasteiger partial charge < -0.3 is 0 Å². The molecule has 0 aliphatic rings. The molecule has 4 nitrogen and oxygen atoms in total. The average molecular weight is 383 g/mol. The van der Waals surface area contributed by atoms with E-state index in [-0.39, 0.29) is 5.91 Å². The number of benzene rings is 2. The molecular weight excluding hydrogens is 360 g/mol. The van der Waals surface area contributed by atoms with Crippen LogP contribution in [0.25, 0.3) is 0 Å². The molecule has 5 heteroatoms. The zero-order valence-electron chi connectivity index (χ0n) is 16.0. The van der Waals surface area contributed by atoms with Gasteiger partial charge in [-0.25, -0.2) is 5.01 Å². The lowest BCUT2D eigenvalue weighted by Gasteiger charge is -2.38. The SMILES string of the molecule is CCc1ccc(C(=O)N(N(Cl)C(=O)C#Cc2ccccc2)C(C)(C)C)cc1. The largest absolute Gasteiger partial charge is 0.332 e. The van der Waals surface area contributed by atoms with E-state index in [1.165, 1.54) is 5.01 Å². The molecule has 2 aromatic carbocycles. The summed E-state index contributed by atoms with van der Waals surface area (Å²) in [5.41, 5.74) is 1.56. The van der Waals surface area contributed by atoms with Crippen LogP contribution in [-0.4, -0.2) is 26.9 Å². The third-order valence-electron chi connectivity index (χ3n) is 3.87. The summed E-state index contributed by atoms with van der Waals surface area (Å²) in [6, 6.07) is 16.4. The molecule has 0 bridgehead atoms. The Morgan fingerprint density at radius 1 is 1.00 bits per heavy atom. The van der Waals surface area contributed by atoms with Gasteiger partial charge in [0.05, 0.1) is 5.54 Å². The maximum absolute atomic E-state index is 13.0. The Labute approximate surface area is 165 Å². The number of carbonyl (C=O) groups is 2. The Morgan fingerprint density at radius 3 is 2.11 bits per heavy atom. The van der Waals surface area contributed by atoms with Crippen molar-refractivity contribution in [1.29, 1.82) is 0 Å². The number of rotatable bonds is 2. The Bertz CT molecular complexity index is 859. The minimum absolute atomic E-state index is 0.366. The summed E-state index contributed by atoms with van der Waals surface area (Å²) in [4.78, 5) is 25.5. The second-order valence-corrected chi connectivity index (χ2v) is 7.34. The number of aryl methyl sites for hydroxylation is 1. The summed E-state index contributed by atoms with van der Waals surface area (Å²) in [5.74, 6) is 4.21. The summed E-state index contributed by atoms with van der Waals surface area (Å²) < 4.78 is 0.770. The predicted octanol–water partition coefficient (Wildman–Crippen LogP) is 4.44. The molecule has 0 saturated carbocycles. The molecule has 0 heterocycles. The zero-order chi connectivity index (χ0) is 20.0. The molecule has 0 unspecified atom stereocenters. The molecular formula is C22H23ClN2O2. The number of hydrazine groups is 1. The number of amides is 2. The van der Waals surface area contributed by atoms with Crippen molar-refractivity contribution in [1.82, 2.24) is 9.54 Å². The summed E-state index contributed by atoms with van der Waals surface area (Å²) in [6.07, 6.45) is 0.882. The Kier molecular flexibility index (Phi) is 6.65. The maximum atomic E-state index is 13.0. The van der Waals surface area contributed by atoms with E-state index in [9.17, 15) is 9.59 Å². The van der Waals surface area contributed by atoms with Gasteiger partial charge in [0, 0.05) is 28.8 Å². The molecule has 0 atom stereocenters. The van der Waals surface area contributed by atoms with E-state index in [1.807, 2.05) is 37.3 Å². The van der Waals surface area contributed by atoms with Gasteiger partial charge in [0.15, 0.2) is 0 Å². The van der Waals surface area contributed by atoms with Gasteiger partial charge in [-0.2, -0.15) is 0 Å². The minimum Gasteiger partial charge on any atom is -0.267 e. The topological polar surface area (TPSA) is 40.6 Å². The minimum atomic E-state index is -0.716. The maximum Gasteiger partial charge on any atom is 0.332 e. The molecule has 0 radical (unpaired) electrons. The van der Waals surface area contributed by atoms with E-state index in [4.69, 9.17) is 11.8 Å². The molecule has 27 heavy (non-hydrogen) atoms. The standard InChI is InChI=1S/C22H23ClN2O2/c1-5-17-11-14-19(15-12-17)21(27)24(22(2,3)4)25(23)20(26)16-13-18-9-7-6-8-10-18/h6-12,14-15H,5H2,1-4H3. The van der Waals surface area contributed by atoms with Crippen molar-refractivity contribution in [3.05, 3.63) is 71.3 Å². The summed E-state index contributed by atoms with van der Waals surface area (Å²) in [7, 11) is 0. The van der Waals surface area contributed by atoms with Gasteiger partial charge in [-0.15, -0.1) is 4.53 Å². The lowest BCUT2D eigenvalue weighted by Crippen LogP contribution is -2.54. The number of hydrogen-bond donors (Lipinski definition) is 0. The molecule has 140 valence electrons. The lowest BCUT2D eigenvalue weighted by molar-refractivity contribution is -0.133. The van der Waals surface area contributed by atoms with Crippen LogP contribution in [0.5, 0.6) is 0 Å². The van der Waals surface area contributed by atoms with Crippen LogP contribution in [0.4, 0.5) is 0 Å². The average Bonchev–Trinajstić information content (AvgIpc) is 2.65. The van der Waals surface area contributed by atoms with E-state index >= 15 is 0 Å². The molecule has 2 aromatic rings. The summed E-state index contributed by atoms with van der Waals surface area (Å²) in [5, 5.41) is 1.22. The monoisotopic (exact) mass is 382 g/mol. The second-order valence-electron chi connectivity index (χ2n) is 7.02. The highest BCUT2D eigenvalue weighted by Crippen LogP contribution is 2.22. The van der Waals surface area contributed by atoms with Crippen LogP contribution >= 0.6 is 11.8 Å². The van der Waals surface area contributed by atoms with Crippen molar-refractivity contribution in [2.24, 2.45) is 0 Å². The molecule has 0 spiro atoms. The van der Waals surface area contributed by atoms with Gasteiger partial charge >= 0.3 is 5.91 Å². The Balaban J connectivity index is 2.28. The van der Waals surface area contributed by atoms with Crippen molar-refractivity contribution in [2.75, 3.05) is 0 Å². The van der Waals surface area contributed by atoms with Crippen molar-refractivity contribution in [3.63, 3.8) is 0 Å². The van der Waals surface area contributed by atoms with Crippen molar-refractivity contribution in [3.8, 4) is 11.8 Å². The van der Waals surface area contributed by atoms with Gasteiger partial charge in [-0.1, -0.05) is 43.2 Å². The highest BCUT2D eigenvalue weighted by molar-refractivity contribution is 6.24. The third-order valence-corrected chi connectivity index (χ3v) is 4.17. The molecule has 0 N–H and O–H groups in total. The van der Waals surface area contributed by atoms with Crippen molar-refractivity contribution in [2.45, 2.75) is 39.7 Å². The van der Waals surface area contributed by atoms with Gasteiger partial charge in [0.25, 0.3) is 5.91 Å². The normalized spacial score (nSPS) is 10.6. The zero-order valence-corrected chi connectivity index (χ0v) is 16.7. The fourth-order valence-electron chi connectivity index (χ4n) is 2.44. The highest BCUT2D eigenvalue weighted by atomic mass is 35.5. The quantitative estimate of drug-likeness (QED) is 0.437. The molecule has 0 aliphatic carbocycles. The van der Waals surface area contributed by atoms with E-state index in [0.717, 1.165) is 16.5 Å². The molecule has 2 amide bonds. The first-order valence-corrected chi connectivity index (χ1v) is 9.08.